The van der Waals surface area contributed by atoms with E-state index in [4.69, 9.17) is 10.2 Å². The molecule has 0 amide bonds. The van der Waals surface area contributed by atoms with Crippen LogP contribution in [0, 0.1) is 0 Å². The lowest BCUT2D eigenvalue weighted by atomic mass is 10.0. The number of hydrogen-bond acceptors (Lipinski definition) is 3. The van der Waals surface area contributed by atoms with Crippen molar-refractivity contribution in [1.29, 1.82) is 0 Å². The Balaban J connectivity index is 0.00000121. The van der Waals surface area contributed by atoms with E-state index in [1.54, 1.807) is 0 Å². The summed E-state index contributed by atoms with van der Waals surface area (Å²) in [6.45, 7) is 0.207. The average Bonchev–Trinajstić information content (AvgIpc) is 2.34. The van der Waals surface area contributed by atoms with E-state index in [1.165, 1.54) is 0 Å². The van der Waals surface area contributed by atoms with E-state index in [0.29, 0.717) is 6.42 Å². The van der Waals surface area contributed by atoms with Gasteiger partial charge < -0.3 is 14.9 Å². The van der Waals surface area contributed by atoms with Crippen molar-refractivity contribution in [3.63, 3.8) is 0 Å². The van der Waals surface area contributed by atoms with Crippen LogP contribution < -0.4 is 0 Å². The van der Waals surface area contributed by atoms with E-state index >= 15 is 0 Å². The lowest BCUT2D eigenvalue weighted by molar-refractivity contribution is -0.177. The molecule has 5 nitrogen and oxygen atoms in total. The van der Waals surface area contributed by atoms with Gasteiger partial charge in [0.05, 0.1) is 0 Å². The number of carboxylic acids is 2. The van der Waals surface area contributed by atoms with Crippen LogP contribution in [0.3, 0.4) is 0 Å². The predicted octanol–water partition coefficient (Wildman–Crippen LogP) is 0.127. The van der Waals surface area contributed by atoms with Crippen LogP contribution in [0.1, 0.15) is 12.8 Å². The summed E-state index contributed by atoms with van der Waals surface area (Å²) >= 11 is 0. The smallest absolute Gasteiger partial charge is 0.347 e. The van der Waals surface area contributed by atoms with Crippen molar-refractivity contribution in [3.8, 4) is 0 Å². The first-order chi connectivity index (χ1) is 5.09. The summed E-state index contributed by atoms with van der Waals surface area (Å²) in [5, 5.41) is 17.1. The van der Waals surface area contributed by atoms with Gasteiger partial charge in [-0.1, -0.05) is 0 Å². The predicted molar refractivity (Wildman–Crippen MR) is 40.4 cm³/mol. The molecule has 1 heterocycles. The number of carbonyl (C=O) groups is 2. The fourth-order valence-electron chi connectivity index (χ4n) is 1.07. The molecular weight excluding hydrogens is 188 g/mol. The third-order valence-electron chi connectivity index (χ3n) is 1.71. The van der Waals surface area contributed by atoms with Crippen LogP contribution in [0.4, 0.5) is 0 Å². The zero-order chi connectivity index (χ0) is 8.48. The minimum absolute atomic E-state index is 0. The van der Waals surface area contributed by atoms with Crippen LogP contribution in [-0.4, -0.2) is 34.4 Å². The third kappa shape index (κ3) is 1.51. The second kappa shape index (κ2) is 3.73. The quantitative estimate of drug-likeness (QED) is 0.614. The fraction of sp³-hybridized carbons (Fsp3) is 0.667. The van der Waals surface area contributed by atoms with Crippen molar-refractivity contribution >= 4 is 24.3 Å². The molecule has 0 saturated carbocycles. The van der Waals surface area contributed by atoms with Crippen LogP contribution >= 0.6 is 12.4 Å². The molecule has 6 heteroatoms. The summed E-state index contributed by atoms with van der Waals surface area (Å²) in [6.07, 6.45) is 0.538. The molecule has 1 fully saturated rings. The van der Waals surface area contributed by atoms with Crippen LogP contribution in [0.15, 0.2) is 0 Å². The molecule has 0 aliphatic carbocycles. The molecule has 0 unspecified atom stereocenters. The van der Waals surface area contributed by atoms with Gasteiger partial charge in [-0.2, -0.15) is 0 Å². The molecule has 12 heavy (non-hydrogen) atoms. The van der Waals surface area contributed by atoms with E-state index in [0.717, 1.165) is 0 Å². The summed E-state index contributed by atoms with van der Waals surface area (Å²) in [4.78, 5) is 20.9. The van der Waals surface area contributed by atoms with E-state index in [2.05, 4.69) is 4.74 Å². The summed E-state index contributed by atoms with van der Waals surface area (Å²) in [5.41, 5.74) is -1.97. The Morgan fingerprint density at radius 2 is 1.75 bits per heavy atom. The first kappa shape index (κ1) is 11.2. The summed E-state index contributed by atoms with van der Waals surface area (Å²) in [5.74, 6) is -2.83. The Kier molecular flexibility index (Phi) is 3.48. The maximum absolute atomic E-state index is 10.5. The number of ether oxygens (including phenoxy) is 1. The maximum Gasteiger partial charge on any atom is 0.347 e. The molecule has 0 atom stereocenters. The molecule has 0 spiro atoms. The minimum Gasteiger partial charge on any atom is -0.479 e. The Bertz CT molecular complexity index is 180. The van der Waals surface area contributed by atoms with Gasteiger partial charge in [0.15, 0.2) is 0 Å². The Morgan fingerprint density at radius 1 is 1.25 bits per heavy atom. The van der Waals surface area contributed by atoms with Crippen LogP contribution in [0.2, 0.25) is 0 Å². The minimum atomic E-state index is -1.97. The van der Waals surface area contributed by atoms with Gasteiger partial charge >= 0.3 is 11.9 Å². The third-order valence-corrected chi connectivity index (χ3v) is 1.71. The van der Waals surface area contributed by atoms with Gasteiger partial charge in [-0.05, 0) is 6.42 Å². The number of rotatable bonds is 2. The van der Waals surface area contributed by atoms with Gasteiger partial charge in [0.1, 0.15) is 0 Å². The molecule has 1 aliphatic heterocycles. The molecule has 1 saturated heterocycles. The summed E-state index contributed by atoms with van der Waals surface area (Å²) in [7, 11) is 0. The molecule has 0 aromatic carbocycles. The molecular formula is C6H9ClO5. The van der Waals surface area contributed by atoms with Gasteiger partial charge in [-0.3, -0.25) is 0 Å². The monoisotopic (exact) mass is 196 g/mol. The van der Waals surface area contributed by atoms with Crippen LogP contribution in [-0.2, 0) is 14.3 Å². The summed E-state index contributed by atoms with van der Waals surface area (Å²) < 4.78 is 4.66. The molecule has 70 valence electrons. The van der Waals surface area contributed by atoms with Crippen LogP contribution in [0.5, 0.6) is 0 Å². The van der Waals surface area contributed by atoms with Crippen molar-refractivity contribution in [2.45, 2.75) is 18.4 Å². The largest absolute Gasteiger partial charge is 0.479 e. The molecule has 0 aromatic rings. The maximum atomic E-state index is 10.5. The van der Waals surface area contributed by atoms with Gasteiger partial charge in [-0.15, -0.1) is 12.4 Å². The number of aliphatic carboxylic acids is 2. The highest BCUT2D eigenvalue weighted by molar-refractivity contribution is 6.02. The Hall–Kier alpha value is -0.810. The molecule has 0 aromatic heterocycles. The fourth-order valence-corrected chi connectivity index (χ4v) is 1.07. The van der Waals surface area contributed by atoms with Crippen molar-refractivity contribution < 1.29 is 24.5 Å². The highest BCUT2D eigenvalue weighted by Crippen LogP contribution is 2.25. The van der Waals surface area contributed by atoms with E-state index in [9.17, 15) is 9.59 Å². The van der Waals surface area contributed by atoms with Crippen molar-refractivity contribution in [3.05, 3.63) is 0 Å². The second-order valence-electron chi connectivity index (χ2n) is 2.39. The highest BCUT2D eigenvalue weighted by atomic mass is 35.5. The molecule has 1 rings (SSSR count). The van der Waals surface area contributed by atoms with E-state index < -0.39 is 17.5 Å². The average molecular weight is 197 g/mol. The first-order valence-corrected chi connectivity index (χ1v) is 3.20. The zero-order valence-corrected chi connectivity index (χ0v) is 6.97. The lowest BCUT2D eigenvalue weighted by Gasteiger charge is -2.16. The number of hydrogen-bond donors (Lipinski definition) is 2. The van der Waals surface area contributed by atoms with Crippen LogP contribution in [0.25, 0.3) is 0 Å². The summed E-state index contributed by atoms with van der Waals surface area (Å²) in [6, 6.07) is 0. The van der Waals surface area contributed by atoms with Gasteiger partial charge in [0.25, 0.3) is 5.60 Å². The zero-order valence-electron chi connectivity index (χ0n) is 6.15. The van der Waals surface area contributed by atoms with E-state index in [-0.39, 0.29) is 25.4 Å². The van der Waals surface area contributed by atoms with Gasteiger partial charge in [-0.25, -0.2) is 9.59 Å². The number of carboxylic acid groups (broad SMARTS) is 2. The van der Waals surface area contributed by atoms with Crippen molar-refractivity contribution in [1.82, 2.24) is 0 Å². The first-order valence-electron chi connectivity index (χ1n) is 3.20. The lowest BCUT2D eigenvalue weighted by Crippen LogP contribution is -2.45. The van der Waals surface area contributed by atoms with Crippen molar-refractivity contribution in [2.24, 2.45) is 0 Å². The Labute approximate surface area is 74.7 Å². The number of halogens is 1. The normalized spacial score (nSPS) is 19.7. The van der Waals surface area contributed by atoms with Crippen molar-refractivity contribution in [2.75, 3.05) is 6.61 Å². The van der Waals surface area contributed by atoms with E-state index in [1.807, 2.05) is 0 Å². The SMILES string of the molecule is Cl.O=C(O)C1(C(=O)O)CCCO1. The second-order valence-corrected chi connectivity index (χ2v) is 2.39. The molecule has 2 N–H and O–H groups in total. The molecule has 0 radical (unpaired) electrons. The van der Waals surface area contributed by atoms with Gasteiger partial charge in [0.2, 0.25) is 0 Å². The molecule has 1 aliphatic rings. The highest BCUT2D eigenvalue weighted by Gasteiger charge is 2.50. The molecule has 0 bridgehead atoms. The van der Waals surface area contributed by atoms with Gasteiger partial charge in [0, 0.05) is 13.0 Å². The topological polar surface area (TPSA) is 83.8 Å². The Morgan fingerprint density at radius 3 is 1.92 bits per heavy atom. The standard InChI is InChI=1S/C6H8O5.ClH/c7-4(8)6(5(9)10)2-1-3-11-6;/h1-3H2,(H,7,8)(H,9,10);1H.